The van der Waals surface area contributed by atoms with Crippen LogP contribution in [-0.2, 0) is 4.74 Å². The zero-order valence-electron chi connectivity index (χ0n) is 14.4. The molecule has 1 aliphatic rings. The van der Waals surface area contributed by atoms with Crippen LogP contribution in [0, 0.1) is 11.3 Å². The van der Waals surface area contributed by atoms with Crippen molar-refractivity contribution in [2.45, 2.75) is 97.8 Å². The van der Waals surface area contributed by atoms with E-state index in [0.29, 0.717) is 5.41 Å². The maximum atomic E-state index is 5.58. The van der Waals surface area contributed by atoms with Gasteiger partial charge >= 0.3 is 0 Å². The molecule has 120 valence electrons. The van der Waals surface area contributed by atoms with E-state index in [1.165, 1.54) is 77.0 Å². The van der Waals surface area contributed by atoms with Crippen molar-refractivity contribution in [1.82, 2.24) is 0 Å². The first-order valence-electron chi connectivity index (χ1n) is 9.30. The molecule has 0 N–H and O–H groups in total. The molecule has 0 aromatic heterocycles. The molecule has 0 saturated carbocycles. The number of hydrogen-bond acceptors (Lipinski definition) is 1. The summed E-state index contributed by atoms with van der Waals surface area (Å²) >= 11 is 0. The average molecular weight is 283 g/mol. The van der Waals surface area contributed by atoms with E-state index in [-0.39, 0.29) is 0 Å². The van der Waals surface area contributed by atoms with Gasteiger partial charge in [0.2, 0.25) is 0 Å². The minimum Gasteiger partial charge on any atom is -0.381 e. The SMILES string of the molecule is CCCCCCCC(C)(CCCCC)C1CCOCC1. The van der Waals surface area contributed by atoms with Crippen LogP contribution < -0.4 is 0 Å². The number of ether oxygens (including phenoxy) is 1. The summed E-state index contributed by atoms with van der Waals surface area (Å²) in [5.41, 5.74) is 0.588. The molecule has 1 atom stereocenters. The Labute approximate surface area is 127 Å². The van der Waals surface area contributed by atoms with Crippen molar-refractivity contribution in [3.8, 4) is 0 Å². The van der Waals surface area contributed by atoms with Gasteiger partial charge in [0.15, 0.2) is 0 Å². The smallest absolute Gasteiger partial charge is 0.0468 e. The Morgan fingerprint density at radius 1 is 0.800 bits per heavy atom. The first-order chi connectivity index (χ1) is 9.73. The van der Waals surface area contributed by atoms with Gasteiger partial charge in [0.1, 0.15) is 0 Å². The average Bonchev–Trinajstić information content (AvgIpc) is 2.48. The molecule has 0 radical (unpaired) electrons. The summed E-state index contributed by atoms with van der Waals surface area (Å²) < 4.78 is 5.58. The molecule has 0 bridgehead atoms. The lowest BCUT2D eigenvalue weighted by Crippen LogP contribution is -2.32. The third kappa shape index (κ3) is 6.61. The first-order valence-corrected chi connectivity index (χ1v) is 9.30. The highest BCUT2D eigenvalue weighted by Crippen LogP contribution is 2.43. The Kier molecular flexibility index (Phi) is 9.59. The highest BCUT2D eigenvalue weighted by molar-refractivity contribution is 4.84. The summed E-state index contributed by atoms with van der Waals surface area (Å²) in [6.45, 7) is 9.21. The molecule has 1 nitrogen and oxygen atoms in total. The molecule has 1 fully saturated rings. The zero-order chi connectivity index (χ0) is 14.7. The first kappa shape index (κ1) is 18.0. The van der Waals surface area contributed by atoms with E-state index in [9.17, 15) is 0 Å². The second kappa shape index (κ2) is 10.7. The molecule has 0 aliphatic carbocycles. The van der Waals surface area contributed by atoms with Gasteiger partial charge < -0.3 is 4.74 Å². The van der Waals surface area contributed by atoms with Gasteiger partial charge in [-0.2, -0.15) is 0 Å². The van der Waals surface area contributed by atoms with E-state index < -0.39 is 0 Å². The van der Waals surface area contributed by atoms with E-state index in [2.05, 4.69) is 20.8 Å². The topological polar surface area (TPSA) is 9.23 Å². The van der Waals surface area contributed by atoms with Crippen LogP contribution in [0.2, 0.25) is 0 Å². The summed E-state index contributed by atoms with van der Waals surface area (Å²) in [6.07, 6.45) is 16.8. The van der Waals surface area contributed by atoms with Crippen LogP contribution in [0.15, 0.2) is 0 Å². The van der Waals surface area contributed by atoms with Crippen molar-refractivity contribution in [1.29, 1.82) is 0 Å². The molecule has 0 aromatic rings. The Morgan fingerprint density at radius 3 is 1.90 bits per heavy atom. The molecule has 1 aliphatic heterocycles. The Bertz CT molecular complexity index is 220. The van der Waals surface area contributed by atoms with E-state index in [1.807, 2.05) is 0 Å². The van der Waals surface area contributed by atoms with Crippen LogP contribution in [-0.4, -0.2) is 13.2 Å². The predicted molar refractivity (Wildman–Crippen MR) is 89.2 cm³/mol. The number of hydrogen-bond donors (Lipinski definition) is 0. The third-order valence-electron chi connectivity index (χ3n) is 5.41. The second-order valence-electron chi connectivity index (χ2n) is 7.16. The molecule has 1 heteroatoms. The van der Waals surface area contributed by atoms with Gasteiger partial charge in [-0.05, 0) is 37.0 Å². The zero-order valence-corrected chi connectivity index (χ0v) is 14.4. The lowest BCUT2D eigenvalue weighted by molar-refractivity contribution is 0.00705. The fraction of sp³-hybridized carbons (Fsp3) is 1.00. The summed E-state index contributed by atoms with van der Waals surface area (Å²) in [5, 5.41) is 0. The molecule has 0 spiro atoms. The van der Waals surface area contributed by atoms with Gasteiger partial charge in [-0.1, -0.05) is 72.1 Å². The van der Waals surface area contributed by atoms with Crippen molar-refractivity contribution in [2.24, 2.45) is 11.3 Å². The lowest BCUT2D eigenvalue weighted by atomic mass is 9.67. The standard InChI is InChI=1S/C19H38O/c1-4-6-8-9-11-15-19(3,14-10-7-5-2)18-12-16-20-17-13-18/h18H,4-17H2,1-3H3. The monoisotopic (exact) mass is 282 g/mol. The van der Waals surface area contributed by atoms with Crippen LogP contribution >= 0.6 is 0 Å². The van der Waals surface area contributed by atoms with Crippen molar-refractivity contribution >= 4 is 0 Å². The van der Waals surface area contributed by atoms with E-state index in [1.54, 1.807) is 0 Å². The molecule has 20 heavy (non-hydrogen) atoms. The summed E-state index contributed by atoms with van der Waals surface area (Å²) in [4.78, 5) is 0. The minimum atomic E-state index is 0.588. The van der Waals surface area contributed by atoms with Gasteiger partial charge in [-0.15, -0.1) is 0 Å². The molecule has 1 rings (SSSR count). The fourth-order valence-corrected chi connectivity index (χ4v) is 3.84. The molecule has 1 saturated heterocycles. The molecule has 1 heterocycles. The Balaban J connectivity index is 2.40. The molecule has 1 unspecified atom stereocenters. The van der Waals surface area contributed by atoms with Crippen LogP contribution in [0.1, 0.15) is 97.8 Å². The van der Waals surface area contributed by atoms with Crippen LogP contribution in [0.25, 0.3) is 0 Å². The van der Waals surface area contributed by atoms with Crippen molar-refractivity contribution in [2.75, 3.05) is 13.2 Å². The summed E-state index contributed by atoms with van der Waals surface area (Å²) in [6, 6.07) is 0. The van der Waals surface area contributed by atoms with Crippen molar-refractivity contribution < 1.29 is 4.74 Å². The fourth-order valence-electron chi connectivity index (χ4n) is 3.84. The lowest BCUT2D eigenvalue weighted by Gasteiger charge is -2.40. The van der Waals surface area contributed by atoms with Gasteiger partial charge in [0.05, 0.1) is 0 Å². The van der Waals surface area contributed by atoms with Crippen LogP contribution in [0.4, 0.5) is 0 Å². The van der Waals surface area contributed by atoms with Gasteiger partial charge in [0.25, 0.3) is 0 Å². The van der Waals surface area contributed by atoms with Gasteiger partial charge in [-0.25, -0.2) is 0 Å². The summed E-state index contributed by atoms with van der Waals surface area (Å²) in [7, 11) is 0. The van der Waals surface area contributed by atoms with E-state index in [4.69, 9.17) is 4.74 Å². The molecular formula is C19H38O. The van der Waals surface area contributed by atoms with Crippen molar-refractivity contribution in [3.63, 3.8) is 0 Å². The Morgan fingerprint density at radius 2 is 1.30 bits per heavy atom. The largest absolute Gasteiger partial charge is 0.381 e. The highest BCUT2D eigenvalue weighted by Gasteiger charge is 2.34. The van der Waals surface area contributed by atoms with Crippen LogP contribution in [0.3, 0.4) is 0 Å². The Hall–Kier alpha value is -0.0400. The number of unbranched alkanes of at least 4 members (excludes halogenated alkanes) is 6. The second-order valence-corrected chi connectivity index (χ2v) is 7.16. The highest BCUT2D eigenvalue weighted by atomic mass is 16.5. The van der Waals surface area contributed by atoms with Crippen LogP contribution in [0.5, 0.6) is 0 Å². The van der Waals surface area contributed by atoms with E-state index in [0.717, 1.165) is 19.1 Å². The quantitative estimate of drug-likeness (QED) is 0.401. The minimum absolute atomic E-state index is 0.588. The molecule has 0 aromatic carbocycles. The summed E-state index contributed by atoms with van der Waals surface area (Å²) in [5.74, 6) is 0.916. The van der Waals surface area contributed by atoms with Crippen molar-refractivity contribution in [3.05, 3.63) is 0 Å². The maximum Gasteiger partial charge on any atom is 0.0468 e. The predicted octanol–water partition coefficient (Wildman–Crippen LogP) is 6.36. The van der Waals surface area contributed by atoms with Gasteiger partial charge in [0, 0.05) is 13.2 Å². The van der Waals surface area contributed by atoms with E-state index >= 15 is 0 Å². The molecule has 0 amide bonds. The normalized spacial score (nSPS) is 19.9. The third-order valence-corrected chi connectivity index (χ3v) is 5.41. The molecular weight excluding hydrogens is 244 g/mol. The maximum absolute atomic E-state index is 5.58. The number of rotatable bonds is 11. The van der Waals surface area contributed by atoms with Gasteiger partial charge in [-0.3, -0.25) is 0 Å².